The van der Waals surface area contributed by atoms with Gasteiger partial charge in [0.05, 0.1) is 0 Å². The van der Waals surface area contributed by atoms with E-state index in [1.165, 1.54) is 0 Å². The summed E-state index contributed by atoms with van der Waals surface area (Å²) in [5.74, 6) is 0. The number of fused-ring (bicyclic) bond motifs is 1. The maximum atomic E-state index is 11.9. The van der Waals surface area contributed by atoms with Crippen LogP contribution in [-0.4, -0.2) is 19.5 Å². The van der Waals surface area contributed by atoms with Gasteiger partial charge in [0.15, 0.2) is 10.8 Å². The van der Waals surface area contributed by atoms with Crippen LogP contribution in [0.4, 0.5) is 0 Å². The molecule has 0 radical (unpaired) electrons. The predicted molar refractivity (Wildman–Crippen MR) is 65.7 cm³/mol. The Balaban J connectivity index is 2.29. The summed E-state index contributed by atoms with van der Waals surface area (Å²) >= 11 is 11.7. The molecular formula is C10H10Cl2N4O. The zero-order valence-corrected chi connectivity index (χ0v) is 10.4. The fourth-order valence-electron chi connectivity index (χ4n) is 2.44. The maximum absolute atomic E-state index is 11.9. The second-order valence-electron chi connectivity index (χ2n) is 4.22. The topological polar surface area (TPSA) is 63.6 Å². The van der Waals surface area contributed by atoms with E-state index in [0.29, 0.717) is 11.2 Å². The smallest absolute Gasteiger partial charge is 0.302 e. The fourth-order valence-corrected chi connectivity index (χ4v) is 2.86. The van der Waals surface area contributed by atoms with Crippen molar-refractivity contribution in [2.75, 3.05) is 0 Å². The number of halogens is 2. The minimum absolute atomic E-state index is 0.0632. The third-order valence-corrected chi connectivity index (χ3v) is 3.63. The summed E-state index contributed by atoms with van der Waals surface area (Å²) in [5, 5.41) is 0.252. The Morgan fingerprint density at radius 3 is 2.65 bits per heavy atom. The SMILES string of the molecule is O=c1[nH]c2c(Cl)nc(Cl)nc2n1C1CCCC1. The molecule has 0 atom stereocenters. The first kappa shape index (κ1) is 11.0. The van der Waals surface area contributed by atoms with Crippen LogP contribution in [0, 0.1) is 0 Å². The first-order valence-electron chi connectivity index (χ1n) is 5.50. The van der Waals surface area contributed by atoms with Gasteiger partial charge in [0.25, 0.3) is 0 Å². The summed E-state index contributed by atoms with van der Waals surface area (Å²) in [6, 6.07) is 0.193. The highest BCUT2D eigenvalue weighted by molar-refractivity contribution is 6.35. The molecule has 3 rings (SSSR count). The number of nitrogens with zero attached hydrogens (tertiary/aromatic N) is 3. The Morgan fingerprint density at radius 2 is 1.94 bits per heavy atom. The van der Waals surface area contributed by atoms with Crippen LogP contribution < -0.4 is 5.69 Å². The van der Waals surface area contributed by atoms with Crippen molar-refractivity contribution in [3.05, 3.63) is 20.9 Å². The van der Waals surface area contributed by atoms with Crippen LogP contribution in [0.5, 0.6) is 0 Å². The van der Waals surface area contributed by atoms with Crippen molar-refractivity contribution in [3.8, 4) is 0 Å². The number of hydrogen-bond donors (Lipinski definition) is 1. The second-order valence-corrected chi connectivity index (χ2v) is 4.92. The van der Waals surface area contributed by atoms with Gasteiger partial charge < -0.3 is 4.98 Å². The van der Waals surface area contributed by atoms with E-state index in [-0.39, 0.29) is 22.2 Å². The fraction of sp³-hybridized carbons (Fsp3) is 0.500. The van der Waals surface area contributed by atoms with Gasteiger partial charge in [-0.25, -0.2) is 9.78 Å². The van der Waals surface area contributed by atoms with Gasteiger partial charge in [0, 0.05) is 6.04 Å². The Labute approximate surface area is 107 Å². The van der Waals surface area contributed by atoms with Crippen LogP contribution in [0.3, 0.4) is 0 Å². The molecule has 1 aliphatic carbocycles. The molecule has 0 bridgehead atoms. The lowest BCUT2D eigenvalue weighted by atomic mass is 10.2. The molecule has 0 spiro atoms. The average Bonchev–Trinajstić information content (AvgIpc) is 2.84. The van der Waals surface area contributed by atoms with E-state index < -0.39 is 0 Å². The average molecular weight is 273 g/mol. The zero-order chi connectivity index (χ0) is 12.0. The second kappa shape index (κ2) is 3.99. The van der Waals surface area contributed by atoms with Crippen molar-refractivity contribution in [1.29, 1.82) is 0 Å². The highest BCUT2D eigenvalue weighted by Crippen LogP contribution is 2.31. The van der Waals surface area contributed by atoms with Crippen LogP contribution in [0.15, 0.2) is 4.79 Å². The zero-order valence-electron chi connectivity index (χ0n) is 8.91. The van der Waals surface area contributed by atoms with E-state index in [0.717, 1.165) is 25.7 Å². The summed E-state index contributed by atoms with van der Waals surface area (Å²) in [6.45, 7) is 0. The molecule has 0 aliphatic heterocycles. The van der Waals surface area contributed by atoms with Gasteiger partial charge in [-0.3, -0.25) is 4.57 Å². The molecule has 2 aromatic rings. The van der Waals surface area contributed by atoms with E-state index >= 15 is 0 Å². The highest BCUT2D eigenvalue weighted by Gasteiger charge is 2.23. The summed E-state index contributed by atoms with van der Waals surface area (Å²) in [6.07, 6.45) is 4.25. The third-order valence-electron chi connectivity index (χ3n) is 3.19. The number of hydrogen-bond acceptors (Lipinski definition) is 3. The molecule has 2 heterocycles. The van der Waals surface area contributed by atoms with Crippen molar-refractivity contribution in [2.24, 2.45) is 0 Å². The molecule has 17 heavy (non-hydrogen) atoms. The normalized spacial score (nSPS) is 17.1. The van der Waals surface area contributed by atoms with Gasteiger partial charge in [-0.15, -0.1) is 0 Å². The molecule has 0 unspecified atom stereocenters. The van der Waals surface area contributed by atoms with Crippen LogP contribution in [0.1, 0.15) is 31.7 Å². The molecule has 2 aromatic heterocycles. The Morgan fingerprint density at radius 1 is 1.24 bits per heavy atom. The standard InChI is InChI=1S/C10H10Cl2N4O/c11-7-6-8(15-9(12)14-7)16(10(17)13-6)5-3-1-2-4-5/h5H,1-4H2,(H,13,17). The molecule has 5 nitrogen and oxygen atoms in total. The van der Waals surface area contributed by atoms with Crippen LogP contribution >= 0.6 is 23.2 Å². The Hall–Kier alpha value is -1.07. The van der Waals surface area contributed by atoms with Gasteiger partial charge in [-0.2, -0.15) is 4.98 Å². The largest absolute Gasteiger partial charge is 0.328 e. The summed E-state index contributed by atoms with van der Waals surface area (Å²) in [4.78, 5) is 22.5. The molecule has 1 saturated carbocycles. The van der Waals surface area contributed by atoms with Crippen LogP contribution in [0.25, 0.3) is 11.2 Å². The summed E-state index contributed by atoms with van der Waals surface area (Å²) in [5.41, 5.74) is 0.783. The lowest BCUT2D eigenvalue weighted by molar-refractivity contribution is 0.514. The molecular weight excluding hydrogens is 263 g/mol. The van der Waals surface area contributed by atoms with E-state index in [1.807, 2.05) is 0 Å². The summed E-state index contributed by atoms with van der Waals surface area (Å²) in [7, 11) is 0. The van der Waals surface area contributed by atoms with Crippen molar-refractivity contribution < 1.29 is 0 Å². The van der Waals surface area contributed by atoms with Crippen LogP contribution in [0.2, 0.25) is 10.4 Å². The van der Waals surface area contributed by atoms with E-state index in [2.05, 4.69) is 15.0 Å². The van der Waals surface area contributed by atoms with Crippen molar-refractivity contribution >= 4 is 34.4 Å². The van der Waals surface area contributed by atoms with Gasteiger partial charge in [-0.05, 0) is 24.4 Å². The third kappa shape index (κ3) is 1.73. The number of aromatic amines is 1. The molecule has 1 aliphatic rings. The summed E-state index contributed by atoms with van der Waals surface area (Å²) < 4.78 is 1.65. The molecule has 1 N–H and O–H groups in total. The van der Waals surface area contributed by atoms with E-state index in [4.69, 9.17) is 23.2 Å². The van der Waals surface area contributed by atoms with E-state index in [1.54, 1.807) is 4.57 Å². The van der Waals surface area contributed by atoms with Gasteiger partial charge >= 0.3 is 5.69 Å². The Kier molecular flexibility index (Phi) is 2.60. The maximum Gasteiger partial charge on any atom is 0.328 e. The molecule has 1 fully saturated rings. The quantitative estimate of drug-likeness (QED) is 0.641. The number of nitrogens with one attached hydrogen (secondary N) is 1. The van der Waals surface area contributed by atoms with Gasteiger partial charge in [0.2, 0.25) is 5.28 Å². The minimum Gasteiger partial charge on any atom is -0.302 e. The minimum atomic E-state index is -0.189. The first-order valence-corrected chi connectivity index (χ1v) is 6.25. The molecule has 90 valence electrons. The van der Waals surface area contributed by atoms with Crippen molar-refractivity contribution in [2.45, 2.75) is 31.7 Å². The monoisotopic (exact) mass is 272 g/mol. The van der Waals surface area contributed by atoms with Crippen molar-refractivity contribution in [1.82, 2.24) is 19.5 Å². The van der Waals surface area contributed by atoms with Gasteiger partial charge in [0.1, 0.15) is 5.52 Å². The number of H-pyrrole nitrogens is 1. The molecule has 0 amide bonds. The predicted octanol–water partition coefficient (Wildman–Crippen LogP) is 2.54. The lowest BCUT2D eigenvalue weighted by Crippen LogP contribution is -2.20. The molecule has 0 saturated heterocycles. The number of imidazole rings is 1. The molecule has 0 aromatic carbocycles. The highest BCUT2D eigenvalue weighted by atomic mass is 35.5. The number of rotatable bonds is 1. The molecule has 7 heteroatoms. The lowest BCUT2D eigenvalue weighted by Gasteiger charge is -2.10. The first-order chi connectivity index (χ1) is 8.16. The Bertz CT molecular complexity index is 627. The van der Waals surface area contributed by atoms with E-state index in [9.17, 15) is 4.79 Å². The van der Waals surface area contributed by atoms with Crippen LogP contribution in [-0.2, 0) is 0 Å². The number of aromatic nitrogens is 4. The van der Waals surface area contributed by atoms with Gasteiger partial charge in [-0.1, -0.05) is 24.4 Å². The van der Waals surface area contributed by atoms with Crippen molar-refractivity contribution in [3.63, 3.8) is 0 Å².